The van der Waals surface area contributed by atoms with Crippen molar-refractivity contribution in [1.29, 1.82) is 5.41 Å². The van der Waals surface area contributed by atoms with Crippen LogP contribution in [0, 0.1) is 11.2 Å². The fourth-order valence-corrected chi connectivity index (χ4v) is 1.39. The van der Waals surface area contributed by atoms with Crippen LogP contribution in [0.2, 0.25) is 0 Å². The maximum Gasteiger partial charge on any atom is 0.176 e. The summed E-state index contributed by atoms with van der Waals surface area (Å²) in [5, 5.41) is 7.35. The van der Waals surface area contributed by atoms with Gasteiger partial charge in [0.1, 0.15) is 0 Å². The highest BCUT2D eigenvalue weighted by Crippen LogP contribution is 2.10. The average Bonchev–Trinajstić information content (AvgIpc) is 2.29. The Morgan fingerprint density at radius 1 is 1.65 bits per heavy atom. The van der Waals surface area contributed by atoms with E-state index in [0.717, 1.165) is 4.57 Å². The van der Waals surface area contributed by atoms with Crippen molar-refractivity contribution in [3.05, 3.63) is 35.3 Å². The van der Waals surface area contributed by atoms with Crippen molar-refractivity contribution >= 4 is 29.1 Å². The number of nitrogens with zero attached hydrogens (tertiary/aromatic N) is 2. The zero-order valence-electron chi connectivity index (χ0n) is 9.14. The van der Waals surface area contributed by atoms with Crippen LogP contribution in [0.15, 0.2) is 23.5 Å². The van der Waals surface area contributed by atoms with Gasteiger partial charge in [-0.2, -0.15) is 0 Å². The summed E-state index contributed by atoms with van der Waals surface area (Å²) in [7, 11) is 1.57. The predicted octanol–water partition coefficient (Wildman–Crippen LogP) is 0.199. The van der Waals surface area contributed by atoms with Crippen molar-refractivity contribution in [2.45, 2.75) is 0 Å². The summed E-state index contributed by atoms with van der Waals surface area (Å²) in [6.07, 6.45) is 4.20. The van der Waals surface area contributed by atoms with Crippen LogP contribution in [0.25, 0.3) is 5.57 Å². The Hall–Kier alpha value is -2.02. The van der Waals surface area contributed by atoms with E-state index in [1.165, 1.54) is 24.7 Å². The van der Waals surface area contributed by atoms with Crippen LogP contribution in [-0.2, 0) is 0 Å². The Balaban J connectivity index is 3.48. The summed E-state index contributed by atoms with van der Waals surface area (Å²) in [4.78, 5) is 3.79. The predicted molar refractivity (Wildman–Crippen MR) is 69.0 cm³/mol. The number of thiocarbonyl (C=S) groups is 1. The second-order valence-corrected chi connectivity index (χ2v) is 3.56. The number of aliphatic imine (C=N–C) groups is 1. The molecule has 0 radical (unpaired) electrons. The molecular formula is C10H12FN5S. The minimum atomic E-state index is -0.737. The fourth-order valence-electron chi connectivity index (χ4n) is 1.25. The van der Waals surface area contributed by atoms with E-state index in [4.69, 9.17) is 29.1 Å². The van der Waals surface area contributed by atoms with Gasteiger partial charge < -0.3 is 11.5 Å². The normalized spacial score (nSPS) is 12.0. The molecule has 1 aromatic rings. The molecule has 0 amide bonds. The van der Waals surface area contributed by atoms with Crippen molar-refractivity contribution in [1.82, 2.24) is 4.57 Å². The molecule has 0 saturated carbocycles. The van der Waals surface area contributed by atoms with E-state index in [2.05, 4.69) is 4.99 Å². The monoisotopic (exact) mass is 253 g/mol. The summed E-state index contributed by atoms with van der Waals surface area (Å²) in [6.45, 7) is 0. The molecule has 0 saturated heterocycles. The van der Waals surface area contributed by atoms with E-state index < -0.39 is 11.3 Å². The molecule has 0 fully saturated rings. The Kier molecular flexibility index (Phi) is 4.11. The lowest BCUT2D eigenvalue weighted by Crippen LogP contribution is -2.33. The first-order valence-electron chi connectivity index (χ1n) is 4.62. The summed E-state index contributed by atoms with van der Waals surface area (Å²) < 4.78 is 14.6. The first kappa shape index (κ1) is 13.0. The average molecular weight is 253 g/mol. The van der Waals surface area contributed by atoms with Crippen molar-refractivity contribution in [2.75, 3.05) is 7.05 Å². The first-order chi connectivity index (χ1) is 8.01. The Morgan fingerprint density at radius 2 is 2.29 bits per heavy atom. The number of pyridine rings is 1. The number of allylic oxidation sites excluding steroid dienone is 1. The Labute approximate surface area is 103 Å². The minimum absolute atomic E-state index is 0.111. The maximum absolute atomic E-state index is 13.5. The summed E-state index contributed by atoms with van der Waals surface area (Å²) >= 11 is 4.73. The van der Waals surface area contributed by atoms with Gasteiger partial charge in [0.15, 0.2) is 16.4 Å². The first-order valence-corrected chi connectivity index (χ1v) is 5.03. The van der Waals surface area contributed by atoms with Gasteiger partial charge in [0.2, 0.25) is 0 Å². The summed E-state index contributed by atoms with van der Waals surface area (Å²) in [6, 6.07) is 1.18. The van der Waals surface area contributed by atoms with E-state index in [0.29, 0.717) is 11.1 Å². The number of aromatic nitrogens is 1. The van der Waals surface area contributed by atoms with Gasteiger partial charge in [-0.15, -0.1) is 0 Å². The van der Waals surface area contributed by atoms with Gasteiger partial charge in [0.25, 0.3) is 0 Å². The number of nitrogens with two attached hydrogens (primary N) is 2. The topological polar surface area (TPSA) is 93.2 Å². The van der Waals surface area contributed by atoms with Crippen molar-refractivity contribution in [2.24, 2.45) is 16.5 Å². The highest BCUT2D eigenvalue weighted by molar-refractivity contribution is 7.80. The molecule has 0 aromatic carbocycles. The highest BCUT2D eigenvalue weighted by atomic mass is 32.1. The fraction of sp³-hybridized carbons (Fsp3) is 0.100. The summed E-state index contributed by atoms with van der Waals surface area (Å²) in [5.41, 5.74) is 11.4. The number of hydrogen-bond donors (Lipinski definition) is 3. The van der Waals surface area contributed by atoms with Crippen LogP contribution in [0.1, 0.15) is 5.56 Å². The van der Waals surface area contributed by atoms with Crippen LogP contribution in [-0.4, -0.2) is 22.9 Å². The van der Waals surface area contributed by atoms with E-state index in [1.807, 2.05) is 0 Å². The van der Waals surface area contributed by atoms with Crippen molar-refractivity contribution in [3.63, 3.8) is 0 Å². The third-order valence-electron chi connectivity index (χ3n) is 2.04. The van der Waals surface area contributed by atoms with E-state index >= 15 is 0 Å². The molecule has 0 atom stereocenters. The van der Waals surface area contributed by atoms with Crippen LogP contribution in [0.3, 0.4) is 0 Å². The molecule has 1 aromatic heterocycles. The number of halogens is 1. The number of hydrogen-bond acceptors (Lipinski definition) is 4. The molecule has 90 valence electrons. The smallest absolute Gasteiger partial charge is 0.176 e. The molecule has 0 aliphatic heterocycles. The van der Waals surface area contributed by atoms with Crippen LogP contribution < -0.4 is 17.0 Å². The Bertz CT molecular complexity index is 558. The Morgan fingerprint density at radius 3 is 2.76 bits per heavy atom. The maximum atomic E-state index is 13.5. The molecule has 1 rings (SSSR count). The van der Waals surface area contributed by atoms with E-state index in [-0.39, 0.29) is 5.11 Å². The van der Waals surface area contributed by atoms with Crippen LogP contribution in [0.4, 0.5) is 4.39 Å². The second kappa shape index (κ2) is 5.35. The van der Waals surface area contributed by atoms with E-state index in [1.54, 1.807) is 7.05 Å². The minimum Gasteiger partial charge on any atom is -0.404 e. The van der Waals surface area contributed by atoms with Crippen molar-refractivity contribution in [3.8, 4) is 0 Å². The van der Waals surface area contributed by atoms with Gasteiger partial charge in [0.05, 0.1) is 0 Å². The zero-order chi connectivity index (χ0) is 13.0. The molecule has 0 aliphatic carbocycles. The molecule has 7 heteroatoms. The van der Waals surface area contributed by atoms with Gasteiger partial charge in [-0.25, -0.2) is 4.39 Å². The van der Waals surface area contributed by atoms with Crippen LogP contribution in [0.5, 0.6) is 0 Å². The highest BCUT2D eigenvalue weighted by Gasteiger charge is 2.07. The lowest BCUT2D eigenvalue weighted by molar-refractivity contribution is 0.590. The van der Waals surface area contributed by atoms with Gasteiger partial charge in [-0.3, -0.25) is 15.0 Å². The molecule has 5 N–H and O–H groups in total. The van der Waals surface area contributed by atoms with Gasteiger partial charge in [-0.05, 0) is 18.3 Å². The third kappa shape index (κ3) is 2.76. The third-order valence-corrected chi connectivity index (χ3v) is 2.23. The molecule has 1 heterocycles. The number of rotatable bonds is 2. The lowest BCUT2D eigenvalue weighted by atomic mass is 10.1. The van der Waals surface area contributed by atoms with E-state index in [9.17, 15) is 4.39 Å². The van der Waals surface area contributed by atoms with Gasteiger partial charge in [0, 0.05) is 36.8 Å². The zero-order valence-corrected chi connectivity index (χ0v) is 9.96. The molecule has 0 spiro atoms. The largest absolute Gasteiger partial charge is 0.404 e. The van der Waals surface area contributed by atoms with Crippen LogP contribution >= 0.6 is 12.2 Å². The molecular weight excluding hydrogens is 241 g/mol. The standard InChI is InChI=1S/C10H12FN5S/c1-15-4-7(3-12)6-2-8(11)9(13)16(5-6)10(14)17/h2-5,13H,12H2,1H3,(H2,14,17). The second-order valence-electron chi connectivity index (χ2n) is 3.14. The van der Waals surface area contributed by atoms with Gasteiger partial charge >= 0.3 is 0 Å². The number of nitrogens with one attached hydrogen (secondary N) is 1. The summed E-state index contributed by atoms with van der Waals surface area (Å²) in [5.74, 6) is -0.737. The van der Waals surface area contributed by atoms with Crippen molar-refractivity contribution < 1.29 is 4.39 Å². The molecule has 0 bridgehead atoms. The molecule has 0 aliphatic rings. The van der Waals surface area contributed by atoms with Gasteiger partial charge in [-0.1, -0.05) is 0 Å². The lowest BCUT2D eigenvalue weighted by Gasteiger charge is -2.08. The molecule has 0 unspecified atom stereocenters. The SMILES string of the molecule is CN=CC(=CN)c1cc(F)c(=N)n(C(N)=S)c1. The quantitative estimate of drug-likeness (QED) is 0.519. The molecule has 17 heavy (non-hydrogen) atoms. The molecule has 5 nitrogen and oxygen atoms in total.